The smallest absolute Gasteiger partial charge is 0.305 e. The van der Waals surface area contributed by atoms with E-state index in [4.69, 9.17) is 5.11 Å². The van der Waals surface area contributed by atoms with Crippen molar-refractivity contribution in [2.45, 2.75) is 36.6 Å². The van der Waals surface area contributed by atoms with Crippen molar-refractivity contribution in [1.29, 1.82) is 0 Å². The van der Waals surface area contributed by atoms with E-state index in [-0.39, 0.29) is 4.90 Å². The zero-order chi connectivity index (χ0) is 22.4. The van der Waals surface area contributed by atoms with E-state index in [2.05, 4.69) is 10.0 Å². The molecule has 1 aliphatic rings. The fourth-order valence-corrected chi connectivity index (χ4v) is 4.55. The Kier molecular flexibility index (Phi) is 7.24. The Bertz CT molecular complexity index is 1080. The Balaban J connectivity index is 1.64. The number of nitrogens with zero attached hydrogens (tertiary/aromatic N) is 1. The summed E-state index contributed by atoms with van der Waals surface area (Å²) in [4.78, 5) is 37.6. The van der Waals surface area contributed by atoms with Gasteiger partial charge >= 0.3 is 5.97 Å². The zero-order valence-corrected chi connectivity index (χ0v) is 17.7. The van der Waals surface area contributed by atoms with Crippen LogP contribution in [-0.4, -0.2) is 61.9 Å². The molecule has 1 fully saturated rings. The summed E-state index contributed by atoms with van der Waals surface area (Å²) in [6, 6.07) is 10.6. The highest BCUT2D eigenvalue weighted by molar-refractivity contribution is 7.89. The number of fused-ring (bicyclic) bond motifs is 1. The van der Waals surface area contributed by atoms with Crippen LogP contribution in [0, 0.1) is 0 Å². The van der Waals surface area contributed by atoms with Crippen LogP contribution in [0.25, 0.3) is 10.8 Å². The molecule has 10 heteroatoms. The third-order valence-corrected chi connectivity index (χ3v) is 6.53. The first kappa shape index (κ1) is 22.7. The molecule has 1 aliphatic heterocycles. The number of aliphatic carboxylic acids is 1. The predicted molar refractivity (Wildman–Crippen MR) is 114 cm³/mol. The molecule has 1 heterocycles. The van der Waals surface area contributed by atoms with Crippen LogP contribution in [0.4, 0.5) is 0 Å². The van der Waals surface area contributed by atoms with Crippen LogP contribution in [0.3, 0.4) is 0 Å². The number of likely N-dealkylation sites (tertiary alicyclic amines) is 1. The largest absolute Gasteiger partial charge is 0.481 e. The van der Waals surface area contributed by atoms with Crippen LogP contribution in [0.2, 0.25) is 0 Å². The molecule has 2 aromatic carbocycles. The van der Waals surface area contributed by atoms with E-state index in [1.165, 1.54) is 17.0 Å². The second kappa shape index (κ2) is 9.88. The number of carbonyl (C=O) groups is 3. The molecule has 3 rings (SSSR count). The average molecular weight is 448 g/mol. The minimum Gasteiger partial charge on any atom is -0.481 e. The van der Waals surface area contributed by atoms with E-state index in [9.17, 15) is 22.8 Å². The second-order valence-corrected chi connectivity index (χ2v) is 9.20. The molecule has 0 aliphatic carbocycles. The number of piperidine rings is 1. The Hall–Kier alpha value is -2.98. The molecule has 0 spiro atoms. The fourth-order valence-electron chi connectivity index (χ4n) is 3.53. The normalized spacial score (nSPS) is 15.4. The molecule has 0 saturated carbocycles. The van der Waals surface area contributed by atoms with E-state index in [1.807, 2.05) is 12.1 Å². The van der Waals surface area contributed by atoms with Gasteiger partial charge in [-0.15, -0.1) is 0 Å². The van der Waals surface area contributed by atoms with Crippen LogP contribution < -0.4 is 10.0 Å². The molecule has 1 atom stereocenters. The average Bonchev–Trinajstić information content (AvgIpc) is 2.77. The van der Waals surface area contributed by atoms with Crippen molar-refractivity contribution in [3.63, 3.8) is 0 Å². The molecule has 0 unspecified atom stereocenters. The van der Waals surface area contributed by atoms with Crippen molar-refractivity contribution in [1.82, 2.24) is 14.9 Å². The van der Waals surface area contributed by atoms with Gasteiger partial charge in [-0.2, -0.15) is 0 Å². The van der Waals surface area contributed by atoms with E-state index in [0.29, 0.717) is 13.1 Å². The second-order valence-electron chi connectivity index (χ2n) is 7.44. The Morgan fingerprint density at radius 1 is 1.00 bits per heavy atom. The van der Waals surface area contributed by atoms with E-state index >= 15 is 0 Å². The maximum absolute atomic E-state index is 12.6. The lowest BCUT2D eigenvalue weighted by Crippen LogP contribution is -2.52. The summed E-state index contributed by atoms with van der Waals surface area (Å²) in [5, 5.41) is 13.1. The van der Waals surface area contributed by atoms with Gasteiger partial charge in [-0.25, -0.2) is 13.1 Å². The summed E-state index contributed by atoms with van der Waals surface area (Å²) in [7, 11) is -3.97. The fraction of sp³-hybridized carbons (Fsp3) is 0.381. The molecule has 31 heavy (non-hydrogen) atoms. The Labute approximate surface area is 180 Å². The number of rotatable bonds is 8. The number of carbonyl (C=O) groups excluding carboxylic acids is 2. The number of amides is 2. The lowest BCUT2D eigenvalue weighted by atomic mass is 10.1. The number of hydrogen-bond acceptors (Lipinski definition) is 5. The van der Waals surface area contributed by atoms with Crippen LogP contribution in [0.5, 0.6) is 0 Å². The van der Waals surface area contributed by atoms with E-state index in [1.54, 1.807) is 18.2 Å². The first-order valence-corrected chi connectivity index (χ1v) is 11.5. The van der Waals surface area contributed by atoms with Gasteiger partial charge in [0.2, 0.25) is 21.8 Å². The monoisotopic (exact) mass is 447 g/mol. The molecule has 2 amide bonds. The van der Waals surface area contributed by atoms with Crippen molar-refractivity contribution in [3.05, 3.63) is 42.5 Å². The maximum atomic E-state index is 12.6. The van der Waals surface area contributed by atoms with Crippen molar-refractivity contribution in [2.24, 2.45) is 0 Å². The van der Waals surface area contributed by atoms with Crippen LogP contribution in [0.1, 0.15) is 25.7 Å². The summed E-state index contributed by atoms with van der Waals surface area (Å²) in [6.07, 6.45) is 2.07. The quantitative estimate of drug-likeness (QED) is 0.555. The molecule has 1 saturated heterocycles. The Morgan fingerprint density at radius 3 is 2.35 bits per heavy atom. The van der Waals surface area contributed by atoms with Crippen molar-refractivity contribution in [3.8, 4) is 0 Å². The van der Waals surface area contributed by atoms with Gasteiger partial charge in [0.15, 0.2) is 0 Å². The molecular formula is C21H25N3O6S. The number of carboxylic acid groups (broad SMARTS) is 1. The third-order valence-electron chi connectivity index (χ3n) is 5.13. The van der Waals surface area contributed by atoms with Gasteiger partial charge in [0.1, 0.15) is 6.04 Å². The highest BCUT2D eigenvalue weighted by Gasteiger charge is 2.29. The van der Waals surface area contributed by atoms with E-state index in [0.717, 1.165) is 30.0 Å². The van der Waals surface area contributed by atoms with Gasteiger partial charge in [-0.05, 0) is 42.2 Å². The minimum absolute atomic E-state index is 0.00507. The molecule has 0 aromatic heterocycles. The van der Waals surface area contributed by atoms with Gasteiger partial charge < -0.3 is 15.3 Å². The molecule has 166 valence electrons. The molecular weight excluding hydrogens is 422 g/mol. The number of hydrogen-bond donors (Lipinski definition) is 3. The summed E-state index contributed by atoms with van der Waals surface area (Å²) in [6.45, 7) is 0.414. The molecule has 0 radical (unpaired) electrons. The van der Waals surface area contributed by atoms with E-state index < -0.39 is 46.8 Å². The van der Waals surface area contributed by atoms with Crippen molar-refractivity contribution >= 4 is 38.6 Å². The van der Waals surface area contributed by atoms with Crippen molar-refractivity contribution < 1.29 is 27.9 Å². The summed E-state index contributed by atoms with van der Waals surface area (Å²) < 4.78 is 27.3. The van der Waals surface area contributed by atoms with Gasteiger partial charge in [-0.1, -0.05) is 30.3 Å². The van der Waals surface area contributed by atoms with Gasteiger partial charge in [-0.3, -0.25) is 14.4 Å². The highest BCUT2D eigenvalue weighted by Crippen LogP contribution is 2.18. The first-order valence-electron chi connectivity index (χ1n) is 10.0. The Morgan fingerprint density at radius 2 is 1.68 bits per heavy atom. The molecule has 9 nitrogen and oxygen atoms in total. The lowest BCUT2D eigenvalue weighted by Gasteiger charge is -2.30. The lowest BCUT2D eigenvalue weighted by molar-refractivity contribution is -0.144. The number of benzene rings is 2. The number of nitrogens with one attached hydrogen (secondary N) is 2. The van der Waals surface area contributed by atoms with Crippen molar-refractivity contribution in [2.75, 3.05) is 19.6 Å². The zero-order valence-electron chi connectivity index (χ0n) is 16.9. The summed E-state index contributed by atoms with van der Waals surface area (Å²) in [5.41, 5.74) is 0. The predicted octanol–water partition coefficient (Wildman–Crippen LogP) is 1.09. The van der Waals surface area contributed by atoms with Crippen LogP contribution in [-0.2, 0) is 24.4 Å². The first-order chi connectivity index (χ1) is 14.8. The molecule has 2 aromatic rings. The summed E-state index contributed by atoms with van der Waals surface area (Å²) in [5.74, 6) is -2.47. The highest BCUT2D eigenvalue weighted by atomic mass is 32.2. The number of carboxylic acids is 1. The minimum atomic E-state index is -3.97. The van der Waals surface area contributed by atoms with Gasteiger partial charge in [0.05, 0.1) is 17.9 Å². The SMILES string of the molecule is O=C(O)C[C@H](NC(=O)CNS(=O)(=O)c1ccc2ccccc2c1)C(=O)N1CCCCC1. The standard InChI is InChI=1S/C21H25N3O6S/c25-19(23-18(13-20(26)27)21(28)24-10-4-1-5-11-24)14-22-31(29,30)17-9-8-15-6-2-3-7-16(15)12-17/h2-3,6-9,12,18,22H,1,4-5,10-11,13-14H2,(H,23,25)(H,26,27)/t18-/m0/s1. The van der Waals surface area contributed by atoms with Crippen LogP contribution >= 0.6 is 0 Å². The van der Waals surface area contributed by atoms with Gasteiger partial charge in [0.25, 0.3) is 0 Å². The van der Waals surface area contributed by atoms with Gasteiger partial charge in [0, 0.05) is 13.1 Å². The molecule has 3 N–H and O–H groups in total. The molecule has 0 bridgehead atoms. The summed E-state index contributed by atoms with van der Waals surface area (Å²) >= 11 is 0. The maximum Gasteiger partial charge on any atom is 0.305 e. The third kappa shape index (κ3) is 6.02. The topological polar surface area (TPSA) is 133 Å². The van der Waals surface area contributed by atoms with Crippen LogP contribution in [0.15, 0.2) is 47.4 Å². The number of sulfonamides is 1.